The van der Waals surface area contributed by atoms with E-state index in [0.29, 0.717) is 5.82 Å². The van der Waals surface area contributed by atoms with Crippen molar-refractivity contribution in [3.05, 3.63) is 72.3 Å². The van der Waals surface area contributed by atoms with Gasteiger partial charge in [0.2, 0.25) is 0 Å². The molecule has 0 unspecified atom stereocenters. The van der Waals surface area contributed by atoms with E-state index < -0.39 is 0 Å². The van der Waals surface area contributed by atoms with Crippen molar-refractivity contribution < 1.29 is 0 Å². The largest absolute Gasteiger partial charge is 0.366 e. The van der Waals surface area contributed by atoms with Crippen molar-refractivity contribution in [2.45, 2.75) is 32.9 Å². The van der Waals surface area contributed by atoms with Gasteiger partial charge in [-0.3, -0.25) is 0 Å². The molecule has 4 heteroatoms. The lowest BCUT2D eigenvalue weighted by atomic mass is 10.1. The molecule has 1 aromatic heterocycles. The quantitative estimate of drug-likeness (QED) is 0.693. The Morgan fingerprint density at radius 2 is 1.40 bits per heavy atom. The zero-order valence-electron chi connectivity index (χ0n) is 15.0. The van der Waals surface area contributed by atoms with Gasteiger partial charge in [-0.1, -0.05) is 60.7 Å². The van der Waals surface area contributed by atoms with E-state index in [2.05, 4.69) is 53.5 Å². The number of nitrogens with zero attached hydrogens (tertiary/aromatic N) is 2. The molecule has 0 bridgehead atoms. The standard InChI is InChI=1S/C21H24N4/c1-21(2,3)25-19-14-18(22-15-16-10-6-4-7-11-16)23-20(24-19)17-12-8-5-9-13-17/h4-14H,15H2,1-3H3,(H2,22,23,24,25). The Balaban J connectivity index is 1.89. The highest BCUT2D eigenvalue weighted by atomic mass is 15.1. The van der Waals surface area contributed by atoms with Gasteiger partial charge in [-0.25, -0.2) is 9.97 Å². The van der Waals surface area contributed by atoms with E-state index >= 15 is 0 Å². The van der Waals surface area contributed by atoms with Crippen molar-refractivity contribution >= 4 is 11.6 Å². The molecule has 0 saturated carbocycles. The molecule has 0 radical (unpaired) electrons. The minimum atomic E-state index is -0.0704. The van der Waals surface area contributed by atoms with Crippen LogP contribution in [-0.2, 0) is 6.54 Å². The second-order valence-corrected chi connectivity index (χ2v) is 7.04. The van der Waals surface area contributed by atoms with Crippen LogP contribution in [0.3, 0.4) is 0 Å². The Morgan fingerprint density at radius 3 is 2.04 bits per heavy atom. The smallest absolute Gasteiger partial charge is 0.163 e. The lowest BCUT2D eigenvalue weighted by molar-refractivity contribution is 0.630. The normalized spacial score (nSPS) is 11.2. The highest BCUT2D eigenvalue weighted by molar-refractivity contribution is 5.61. The van der Waals surface area contributed by atoms with Crippen LogP contribution in [0.25, 0.3) is 11.4 Å². The first kappa shape index (κ1) is 17.0. The van der Waals surface area contributed by atoms with E-state index in [1.54, 1.807) is 0 Å². The molecule has 0 aliphatic rings. The van der Waals surface area contributed by atoms with Gasteiger partial charge < -0.3 is 10.6 Å². The summed E-state index contributed by atoms with van der Waals surface area (Å²) < 4.78 is 0. The summed E-state index contributed by atoms with van der Waals surface area (Å²) in [6, 6.07) is 22.3. The first-order valence-corrected chi connectivity index (χ1v) is 8.50. The van der Waals surface area contributed by atoms with Gasteiger partial charge in [0.05, 0.1) is 0 Å². The highest BCUT2D eigenvalue weighted by Crippen LogP contribution is 2.22. The maximum absolute atomic E-state index is 4.69. The summed E-state index contributed by atoms with van der Waals surface area (Å²) in [5.74, 6) is 2.34. The summed E-state index contributed by atoms with van der Waals surface area (Å²) in [7, 11) is 0. The van der Waals surface area contributed by atoms with Crippen LogP contribution in [0.15, 0.2) is 66.7 Å². The Kier molecular flexibility index (Phi) is 4.98. The van der Waals surface area contributed by atoms with Gasteiger partial charge >= 0.3 is 0 Å². The first-order chi connectivity index (χ1) is 12.0. The second kappa shape index (κ2) is 7.34. The predicted molar refractivity (Wildman–Crippen MR) is 105 cm³/mol. The summed E-state index contributed by atoms with van der Waals surface area (Å²) in [6.45, 7) is 7.08. The van der Waals surface area contributed by atoms with Crippen LogP contribution in [0, 0.1) is 0 Å². The van der Waals surface area contributed by atoms with E-state index in [0.717, 1.165) is 23.7 Å². The summed E-state index contributed by atoms with van der Waals surface area (Å²) in [6.07, 6.45) is 0. The average Bonchev–Trinajstić information content (AvgIpc) is 2.60. The van der Waals surface area contributed by atoms with Crippen molar-refractivity contribution in [2.24, 2.45) is 0 Å². The molecule has 0 spiro atoms. The molecule has 2 N–H and O–H groups in total. The molecule has 0 fully saturated rings. The Morgan fingerprint density at radius 1 is 0.800 bits per heavy atom. The monoisotopic (exact) mass is 332 g/mol. The molecule has 25 heavy (non-hydrogen) atoms. The zero-order chi connectivity index (χ0) is 17.7. The molecule has 3 aromatic rings. The van der Waals surface area contributed by atoms with E-state index in [1.165, 1.54) is 5.56 Å². The third-order valence-electron chi connectivity index (χ3n) is 3.58. The molecule has 128 valence electrons. The maximum Gasteiger partial charge on any atom is 0.163 e. The molecule has 0 amide bonds. The summed E-state index contributed by atoms with van der Waals surface area (Å²) in [4.78, 5) is 9.37. The third-order valence-corrected chi connectivity index (χ3v) is 3.58. The Labute approximate surface area is 149 Å². The van der Waals surface area contributed by atoms with Crippen LogP contribution < -0.4 is 10.6 Å². The molecular weight excluding hydrogens is 308 g/mol. The molecular formula is C21H24N4. The predicted octanol–water partition coefficient (Wildman–Crippen LogP) is 4.97. The molecule has 1 heterocycles. The summed E-state index contributed by atoms with van der Waals surface area (Å²) in [5, 5.41) is 6.84. The number of nitrogens with one attached hydrogen (secondary N) is 2. The Bertz CT molecular complexity index is 808. The first-order valence-electron chi connectivity index (χ1n) is 8.50. The Hall–Kier alpha value is -2.88. The number of benzene rings is 2. The van der Waals surface area contributed by atoms with Gasteiger partial charge in [0, 0.05) is 23.7 Å². The molecule has 4 nitrogen and oxygen atoms in total. The number of anilines is 2. The molecule has 0 saturated heterocycles. The highest BCUT2D eigenvalue weighted by Gasteiger charge is 2.13. The van der Waals surface area contributed by atoms with Crippen molar-refractivity contribution in [1.82, 2.24) is 9.97 Å². The van der Waals surface area contributed by atoms with Gasteiger partial charge in [0.25, 0.3) is 0 Å². The average molecular weight is 332 g/mol. The maximum atomic E-state index is 4.69. The van der Waals surface area contributed by atoms with Crippen LogP contribution in [-0.4, -0.2) is 15.5 Å². The minimum absolute atomic E-state index is 0.0704. The van der Waals surface area contributed by atoms with E-state index in [9.17, 15) is 0 Å². The molecule has 0 aliphatic carbocycles. The minimum Gasteiger partial charge on any atom is -0.366 e. The number of hydrogen-bond donors (Lipinski definition) is 2. The topological polar surface area (TPSA) is 49.8 Å². The fraction of sp³-hybridized carbons (Fsp3) is 0.238. The second-order valence-electron chi connectivity index (χ2n) is 7.04. The van der Waals surface area contributed by atoms with Crippen LogP contribution in [0.5, 0.6) is 0 Å². The van der Waals surface area contributed by atoms with Crippen LogP contribution >= 0.6 is 0 Å². The number of hydrogen-bond acceptors (Lipinski definition) is 4. The fourth-order valence-electron chi connectivity index (χ4n) is 2.49. The van der Waals surface area contributed by atoms with Crippen molar-refractivity contribution in [3.8, 4) is 11.4 Å². The van der Waals surface area contributed by atoms with Crippen LogP contribution in [0.1, 0.15) is 26.3 Å². The molecule has 2 aromatic carbocycles. The fourth-order valence-corrected chi connectivity index (χ4v) is 2.49. The van der Waals surface area contributed by atoms with Crippen molar-refractivity contribution in [3.63, 3.8) is 0 Å². The molecule has 0 atom stereocenters. The van der Waals surface area contributed by atoms with Gasteiger partial charge in [-0.05, 0) is 26.3 Å². The number of rotatable bonds is 5. The zero-order valence-corrected chi connectivity index (χ0v) is 15.0. The van der Waals surface area contributed by atoms with Crippen LogP contribution in [0.4, 0.5) is 11.6 Å². The van der Waals surface area contributed by atoms with E-state index in [4.69, 9.17) is 0 Å². The van der Waals surface area contributed by atoms with E-state index in [1.807, 2.05) is 54.6 Å². The number of aromatic nitrogens is 2. The van der Waals surface area contributed by atoms with Crippen molar-refractivity contribution in [1.29, 1.82) is 0 Å². The summed E-state index contributed by atoms with van der Waals surface area (Å²) >= 11 is 0. The van der Waals surface area contributed by atoms with Gasteiger partial charge in [0.15, 0.2) is 5.82 Å². The lowest BCUT2D eigenvalue weighted by Crippen LogP contribution is -2.27. The lowest BCUT2D eigenvalue weighted by Gasteiger charge is -2.22. The molecule has 3 rings (SSSR count). The van der Waals surface area contributed by atoms with E-state index in [-0.39, 0.29) is 5.54 Å². The van der Waals surface area contributed by atoms with Gasteiger partial charge in [0.1, 0.15) is 11.6 Å². The third kappa shape index (κ3) is 5.05. The SMILES string of the molecule is CC(C)(C)Nc1cc(NCc2ccccc2)nc(-c2ccccc2)n1. The van der Waals surface area contributed by atoms with Gasteiger partial charge in [-0.15, -0.1) is 0 Å². The summed E-state index contributed by atoms with van der Waals surface area (Å²) in [5.41, 5.74) is 2.15. The van der Waals surface area contributed by atoms with Gasteiger partial charge in [-0.2, -0.15) is 0 Å². The van der Waals surface area contributed by atoms with Crippen LogP contribution in [0.2, 0.25) is 0 Å². The van der Waals surface area contributed by atoms with Crippen molar-refractivity contribution in [2.75, 3.05) is 10.6 Å². The molecule has 0 aliphatic heterocycles.